The van der Waals surface area contributed by atoms with Crippen molar-refractivity contribution < 1.29 is 35.8 Å². The van der Waals surface area contributed by atoms with Crippen LogP contribution in [0, 0.1) is 0 Å². The zero-order valence-corrected chi connectivity index (χ0v) is 14.4. The fourth-order valence-electron chi connectivity index (χ4n) is 2.97. The second-order valence-corrected chi connectivity index (χ2v) is 6.26. The minimum absolute atomic E-state index is 0.100. The van der Waals surface area contributed by atoms with E-state index in [0.717, 1.165) is 18.3 Å². The predicted octanol–water partition coefficient (Wildman–Crippen LogP) is 6.17. The van der Waals surface area contributed by atoms with Crippen molar-refractivity contribution in [2.75, 3.05) is 6.79 Å². The highest BCUT2D eigenvalue weighted by atomic mass is 19.4. The lowest BCUT2D eigenvalue weighted by Crippen LogP contribution is -2.07. The van der Waals surface area contributed by atoms with Gasteiger partial charge in [0.1, 0.15) is 0 Å². The van der Waals surface area contributed by atoms with Crippen molar-refractivity contribution in [3.63, 3.8) is 0 Å². The Kier molecular flexibility index (Phi) is 4.40. The summed E-state index contributed by atoms with van der Waals surface area (Å²) in [6.07, 6.45) is -5.44. The molecule has 3 nitrogen and oxygen atoms in total. The summed E-state index contributed by atoms with van der Waals surface area (Å²) in [6, 6.07) is 7.04. The summed E-state index contributed by atoms with van der Waals surface area (Å²) in [5.41, 5.74) is -1.06. The highest BCUT2D eigenvalue weighted by Crippen LogP contribution is 2.42. The summed E-state index contributed by atoms with van der Waals surface area (Å²) in [6.45, 7) is -0.100. The lowest BCUT2D eigenvalue weighted by molar-refractivity contribution is -0.138. The van der Waals surface area contributed by atoms with Crippen molar-refractivity contribution in [3.05, 3.63) is 65.0 Å². The number of hydrogen-bond acceptors (Lipinski definition) is 3. The van der Waals surface area contributed by atoms with E-state index in [1.165, 1.54) is 36.4 Å². The van der Waals surface area contributed by atoms with E-state index in [9.17, 15) is 26.3 Å². The molecule has 1 aromatic heterocycles. The summed E-state index contributed by atoms with van der Waals surface area (Å²) < 4.78 is 88.4. The topological polar surface area (TPSA) is 31.4 Å². The van der Waals surface area contributed by atoms with Crippen molar-refractivity contribution in [1.29, 1.82) is 0 Å². The first-order valence-electron chi connectivity index (χ1n) is 8.28. The number of hydrogen-bond donors (Lipinski definition) is 0. The van der Waals surface area contributed by atoms with Gasteiger partial charge in [0.05, 0.1) is 16.8 Å². The van der Waals surface area contributed by atoms with Crippen LogP contribution in [0.25, 0.3) is 22.9 Å². The Hall–Kier alpha value is -3.23. The molecule has 0 saturated heterocycles. The molecule has 3 aromatic rings. The molecule has 29 heavy (non-hydrogen) atoms. The fourth-order valence-corrected chi connectivity index (χ4v) is 2.97. The van der Waals surface area contributed by atoms with Crippen LogP contribution in [-0.4, -0.2) is 11.8 Å². The highest BCUT2D eigenvalue weighted by Gasteiger charge is 2.34. The van der Waals surface area contributed by atoms with Gasteiger partial charge in [-0.25, -0.2) is 0 Å². The lowest BCUT2D eigenvalue weighted by Gasteiger charge is -2.12. The Balaban J connectivity index is 1.77. The summed E-state index contributed by atoms with van der Waals surface area (Å²) in [5, 5.41) is 0.0797. The molecule has 0 amide bonds. The third-order valence-electron chi connectivity index (χ3n) is 4.39. The minimum Gasteiger partial charge on any atom is -0.454 e. The maximum absolute atomic E-state index is 13.4. The van der Waals surface area contributed by atoms with Gasteiger partial charge in [-0.05, 0) is 35.9 Å². The molecule has 0 bridgehead atoms. The second-order valence-electron chi connectivity index (χ2n) is 6.26. The van der Waals surface area contributed by atoms with Gasteiger partial charge in [0, 0.05) is 17.0 Å². The number of ether oxygens (including phenoxy) is 2. The van der Waals surface area contributed by atoms with E-state index in [-0.39, 0.29) is 29.0 Å². The van der Waals surface area contributed by atoms with E-state index < -0.39 is 23.5 Å². The van der Waals surface area contributed by atoms with E-state index in [1.807, 2.05) is 0 Å². The number of pyridine rings is 1. The van der Waals surface area contributed by atoms with Crippen LogP contribution < -0.4 is 9.47 Å². The molecular formula is C20H11F6NO2. The first-order valence-corrected chi connectivity index (χ1v) is 8.28. The Morgan fingerprint density at radius 1 is 0.793 bits per heavy atom. The monoisotopic (exact) mass is 411 g/mol. The van der Waals surface area contributed by atoms with Gasteiger partial charge in [-0.15, -0.1) is 0 Å². The number of nitrogens with zero attached hydrogens (tertiary/aromatic N) is 1. The van der Waals surface area contributed by atoms with Gasteiger partial charge in [0.15, 0.2) is 11.5 Å². The zero-order chi connectivity index (χ0) is 20.8. The number of alkyl halides is 6. The summed E-state index contributed by atoms with van der Waals surface area (Å²) in [7, 11) is 0. The van der Waals surface area contributed by atoms with Gasteiger partial charge in [0.25, 0.3) is 0 Å². The smallest absolute Gasteiger partial charge is 0.418 e. The number of fused-ring (bicyclic) bond motifs is 2. The van der Waals surface area contributed by atoms with Crippen LogP contribution in [0.2, 0.25) is 0 Å². The highest BCUT2D eigenvalue weighted by molar-refractivity contribution is 5.95. The number of halogens is 6. The maximum Gasteiger partial charge on any atom is 0.418 e. The van der Waals surface area contributed by atoms with Crippen molar-refractivity contribution >= 4 is 22.9 Å². The molecule has 0 N–H and O–H groups in total. The van der Waals surface area contributed by atoms with Gasteiger partial charge in [-0.3, -0.25) is 4.98 Å². The van der Waals surface area contributed by atoms with Crippen molar-refractivity contribution in [2.24, 2.45) is 0 Å². The standard InChI is InChI=1S/C20H11F6NO2/c21-19(22,23)12-4-1-11(2-5-12)3-6-16-14-8-18-17(28-10-29-18)7-13(14)15(9-27-16)20(24,25)26/h1-9H,10H2. The zero-order valence-electron chi connectivity index (χ0n) is 14.4. The molecule has 2 heterocycles. The van der Waals surface area contributed by atoms with Gasteiger partial charge in [0.2, 0.25) is 6.79 Å². The van der Waals surface area contributed by atoms with E-state index in [2.05, 4.69) is 4.98 Å². The van der Waals surface area contributed by atoms with Crippen LogP contribution >= 0.6 is 0 Å². The molecule has 0 fully saturated rings. The SMILES string of the molecule is FC(F)(F)c1ccc(C=Cc2ncc(C(F)(F)F)c3cc4c(cc23)OCO4)cc1. The van der Waals surface area contributed by atoms with Crippen LogP contribution in [0.4, 0.5) is 26.3 Å². The lowest BCUT2D eigenvalue weighted by atomic mass is 10.0. The summed E-state index contributed by atoms with van der Waals surface area (Å²) >= 11 is 0. The van der Waals surface area contributed by atoms with Crippen LogP contribution in [0.15, 0.2) is 42.6 Å². The molecule has 0 aliphatic carbocycles. The van der Waals surface area contributed by atoms with E-state index in [1.54, 1.807) is 0 Å². The molecule has 0 spiro atoms. The van der Waals surface area contributed by atoms with E-state index >= 15 is 0 Å². The first-order chi connectivity index (χ1) is 13.6. The molecule has 1 aliphatic heterocycles. The molecule has 0 saturated carbocycles. The van der Waals surface area contributed by atoms with Crippen molar-refractivity contribution in [3.8, 4) is 11.5 Å². The second kappa shape index (κ2) is 6.68. The van der Waals surface area contributed by atoms with Crippen molar-refractivity contribution in [1.82, 2.24) is 4.98 Å². The molecular weight excluding hydrogens is 400 g/mol. The maximum atomic E-state index is 13.4. The van der Waals surface area contributed by atoms with Gasteiger partial charge in [-0.1, -0.05) is 18.2 Å². The average molecular weight is 411 g/mol. The molecule has 0 unspecified atom stereocenters. The molecule has 0 atom stereocenters. The largest absolute Gasteiger partial charge is 0.454 e. The van der Waals surface area contributed by atoms with Crippen molar-refractivity contribution in [2.45, 2.75) is 12.4 Å². The number of benzene rings is 2. The summed E-state index contributed by atoms with van der Waals surface area (Å²) in [4.78, 5) is 3.89. The molecule has 150 valence electrons. The molecule has 4 rings (SSSR count). The Bertz CT molecular complexity index is 1100. The van der Waals surface area contributed by atoms with Crippen LogP contribution in [0.5, 0.6) is 11.5 Å². The van der Waals surface area contributed by atoms with E-state index in [4.69, 9.17) is 9.47 Å². The fraction of sp³-hybridized carbons (Fsp3) is 0.150. The molecule has 2 aromatic carbocycles. The van der Waals surface area contributed by atoms with Gasteiger partial charge < -0.3 is 9.47 Å². The van der Waals surface area contributed by atoms with Crippen LogP contribution in [0.1, 0.15) is 22.4 Å². The van der Waals surface area contributed by atoms with Gasteiger partial charge in [-0.2, -0.15) is 26.3 Å². The molecule has 9 heteroatoms. The third-order valence-corrected chi connectivity index (χ3v) is 4.39. The van der Waals surface area contributed by atoms with Crippen LogP contribution in [-0.2, 0) is 12.4 Å². The van der Waals surface area contributed by atoms with Gasteiger partial charge >= 0.3 is 12.4 Å². The Morgan fingerprint density at radius 3 is 2.00 bits per heavy atom. The first kappa shape index (κ1) is 19.1. The Morgan fingerprint density at radius 2 is 1.41 bits per heavy atom. The Labute approximate surface area is 160 Å². The van der Waals surface area contributed by atoms with Crippen LogP contribution in [0.3, 0.4) is 0 Å². The minimum atomic E-state index is -4.62. The van der Waals surface area contributed by atoms with E-state index in [0.29, 0.717) is 11.3 Å². The normalized spacial score (nSPS) is 14.1. The third kappa shape index (κ3) is 3.72. The number of rotatable bonds is 2. The quantitative estimate of drug-likeness (QED) is 0.473. The molecule has 0 radical (unpaired) electrons. The molecule has 1 aliphatic rings. The number of aromatic nitrogens is 1. The predicted molar refractivity (Wildman–Crippen MR) is 93.2 cm³/mol. The average Bonchev–Trinajstić information content (AvgIpc) is 3.10. The summed E-state index contributed by atoms with van der Waals surface area (Å²) in [5.74, 6) is 0.495.